The summed E-state index contributed by atoms with van der Waals surface area (Å²) < 4.78 is 5.36. The van der Waals surface area contributed by atoms with E-state index < -0.39 is 0 Å². The van der Waals surface area contributed by atoms with Crippen molar-refractivity contribution in [1.82, 2.24) is 5.32 Å². The van der Waals surface area contributed by atoms with Crippen LogP contribution in [0.5, 0.6) is 0 Å². The molecule has 1 heterocycles. The highest BCUT2D eigenvalue weighted by Crippen LogP contribution is 2.17. The van der Waals surface area contributed by atoms with E-state index in [0.29, 0.717) is 16.8 Å². The largest absolute Gasteiger partial charge is 0.457 e. The average Bonchev–Trinajstić information content (AvgIpc) is 2.51. The molecule has 3 N–H and O–H groups in total. The minimum Gasteiger partial charge on any atom is -0.457 e. The maximum absolute atomic E-state index is 11.4. The zero-order valence-corrected chi connectivity index (χ0v) is 8.80. The second-order valence-corrected chi connectivity index (χ2v) is 3.44. The van der Waals surface area contributed by atoms with Crippen molar-refractivity contribution >= 4 is 21.8 Å². The number of carbonyl (C=O) groups is 1. The van der Waals surface area contributed by atoms with Crippen LogP contribution in [0.2, 0.25) is 0 Å². The zero-order chi connectivity index (χ0) is 9.84. The molecule has 1 rings (SSSR count). The number of carbonyl (C=O) groups excluding carboxylic acids is 1. The van der Waals surface area contributed by atoms with Crippen LogP contribution >= 0.6 is 15.9 Å². The highest BCUT2D eigenvalue weighted by Gasteiger charge is 2.13. The van der Waals surface area contributed by atoms with E-state index in [0.717, 1.165) is 0 Å². The van der Waals surface area contributed by atoms with Crippen LogP contribution in [0.1, 0.15) is 17.3 Å². The number of nitrogens with one attached hydrogen (secondary N) is 1. The molecule has 0 aliphatic carbocycles. The maximum atomic E-state index is 11.4. The van der Waals surface area contributed by atoms with E-state index in [2.05, 4.69) is 21.2 Å². The topological polar surface area (TPSA) is 68.3 Å². The van der Waals surface area contributed by atoms with Crippen LogP contribution in [-0.4, -0.2) is 18.5 Å². The predicted molar refractivity (Wildman–Crippen MR) is 52.4 cm³/mol. The molecular formula is C8H11BrN2O2. The van der Waals surface area contributed by atoms with Gasteiger partial charge in [-0.05, 0) is 28.9 Å². The molecule has 0 aromatic carbocycles. The third kappa shape index (κ3) is 2.57. The Morgan fingerprint density at radius 2 is 2.54 bits per heavy atom. The van der Waals surface area contributed by atoms with Gasteiger partial charge in [0, 0.05) is 12.6 Å². The molecule has 1 atom stereocenters. The standard InChI is InChI=1S/C8H11BrN2O2/c1-5(4-10)11-8(12)6-2-3-13-7(6)9/h2-3,5H,4,10H2,1H3,(H,11,12)/t5-/m1/s1. The van der Waals surface area contributed by atoms with Gasteiger partial charge in [0.25, 0.3) is 5.91 Å². The fourth-order valence-corrected chi connectivity index (χ4v) is 1.24. The van der Waals surface area contributed by atoms with Crippen molar-refractivity contribution in [3.63, 3.8) is 0 Å². The minimum atomic E-state index is -0.182. The van der Waals surface area contributed by atoms with Crippen molar-refractivity contribution in [2.75, 3.05) is 6.54 Å². The van der Waals surface area contributed by atoms with Crippen LogP contribution in [0.4, 0.5) is 0 Å². The maximum Gasteiger partial charge on any atom is 0.256 e. The van der Waals surface area contributed by atoms with E-state index in [1.807, 2.05) is 6.92 Å². The van der Waals surface area contributed by atoms with E-state index in [4.69, 9.17) is 10.2 Å². The lowest BCUT2D eigenvalue weighted by molar-refractivity contribution is 0.0939. The lowest BCUT2D eigenvalue weighted by Crippen LogP contribution is -2.37. The third-order valence-electron chi connectivity index (χ3n) is 1.59. The molecule has 0 aliphatic heterocycles. The first-order chi connectivity index (χ1) is 6.15. The fraction of sp³-hybridized carbons (Fsp3) is 0.375. The van der Waals surface area contributed by atoms with E-state index in [1.165, 1.54) is 6.26 Å². The molecule has 72 valence electrons. The molecule has 0 spiro atoms. The van der Waals surface area contributed by atoms with Gasteiger partial charge in [0.1, 0.15) is 0 Å². The SMILES string of the molecule is C[C@H](CN)NC(=O)c1ccoc1Br. The van der Waals surface area contributed by atoms with Gasteiger partial charge in [0.05, 0.1) is 11.8 Å². The summed E-state index contributed by atoms with van der Waals surface area (Å²) in [5, 5.41) is 2.72. The summed E-state index contributed by atoms with van der Waals surface area (Å²) in [5.74, 6) is -0.182. The molecule has 4 nitrogen and oxygen atoms in total. The molecule has 0 unspecified atom stereocenters. The van der Waals surface area contributed by atoms with Gasteiger partial charge in [-0.1, -0.05) is 0 Å². The van der Waals surface area contributed by atoms with E-state index in [9.17, 15) is 4.79 Å². The molecule has 13 heavy (non-hydrogen) atoms. The molecule has 1 aromatic heterocycles. The molecule has 0 saturated carbocycles. The minimum absolute atomic E-state index is 0.0331. The van der Waals surface area contributed by atoms with Gasteiger partial charge < -0.3 is 15.5 Å². The number of rotatable bonds is 3. The first-order valence-electron chi connectivity index (χ1n) is 3.89. The second-order valence-electron chi connectivity index (χ2n) is 2.72. The average molecular weight is 247 g/mol. The number of amides is 1. The molecule has 0 radical (unpaired) electrons. The first-order valence-corrected chi connectivity index (χ1v) is 4.68. The Bertz CT molecular complexity index is 298. The van der Waals surface area contributed by atoms with Gasteiger partial charge >= 0.3 is 0 Å². The summed E-state index contributed by atoms with van der Waals surface area (Å²) in [6.45, 7) is 2.26. The van der Waals surface area contributed by atoms with E-state index in [-0.39, 0.29) is 11.9 Å². The molecule has 0 aliphatic rings. The van der Waals surface area contributed by atoms with Gasteiger partial charge in [0.2, 0.25) is 0 Å². The number of halogens is 1. The summed E-state index contributed by atoms with van der Waals surface area (Å²) in [5.41, 5.74) is 5.85. The van der Waals surface area contributed by atoms with Crippen molar-refractivity contribution in [3.05, 3.63) is 22.6 Å². The lowest BCUT2D eigenvalue weighted by atomic mass is 10.3. The van der Waals surface area contributed by atoms with Crippen molar-refractivity contribution in [2.24, 2.45) is 5.73 Å². The van der Waals surface area contributed by atoms with E-state index >= 15 is 0 Å². The van der Waals surface area contributed by atoms with Gasteiger partial charge in [-0.3, -0.25) is 4.79 Å². The number of hydrogen-bond acceptors (Lipinski definition) is 3. The summed E-state index contributed by atoms with van der Waals surface area (Å²) in [6.07, 6.45) is 1.45. The fourth-order valence-electron chi connectivity index (χ4n) is 0.816. The van der Waals surface area contributed by atoms with Crippen LogP contribution in [0.25, 0.3) is 0 Å². The Kier molecular flexibility index (Phi) is 3.50. The number of hydrogen-bond donors (Lipinski definition) is 2. The van der Waals surface area contributed by atoms with Gasteiger partial charge in [-0.2, -0.15) is 0 Å². The smallest absolute Gasteiger partial charge is 0.256 e. The highest BCUT2D eigenvalue weighted by molar-refractivity contribution is 9.10. The van der Waals surface area contributed by atoms with Crippen molar-refractivity contribution < 1.29 is 9.21 Å². The Labute approximate surface area is 84.6 Å². The zero-order valence-electron chi connectivity index (χ0n) is 7.21. The molecule has 0 fully saturated rings. The van der Waals surface area contributed by atoms with Crippen LogP contribution in [-0.2, 0) is 0 Å². The van der Waals surface area contributed by atoms with Crippen molar-refractivity contribution in [1.29, 1.82) is 0 Å². The Morgan fingerprint density at radius 1 is 1.85 bits per heavy atom. The monoisotopic (exact) mass is 246 g/mol. The molecule has 1 aromatic rings. The normalized spacial score (nSPS) is 12.5. The quantitative estimate of drug-likeness (QED) is 0.840. The molecule has 0 saturated heterocycles. The van der Waals surface area contributed by atoms with Gasteiger partial charge in [-0.15, -0.1) is 0 Å². The lowest BCUT2D eigenvalue weighted by Gasteiger charge is -2.09. The summed E-state index contributed by atoms with van der Waals surface area (Å²) in [6, 6.07) is 1.57. The summed E-state index contributed by atoms with van der Waals surface area (Å²) in [4.78, 5) is 11.4. The molecule has 5 heteroatoms. The highest BCUT2D eigenvalue weighted by atomic mass is 79.9. The molecule has 1 amide bonds. The Morgan fingerprint density at radius 3 is 3.00 bits per heavy atom. The predicted octanol–water partition coefficient (Wildman–Crippen LogP) is 1.12. The van der Waals surface area contributed by atoms with Crippen LogP contribution in [0.15, 0.2) is 21.4 Å². The van der Waals surface area contributed by atoms with Crippen molar-refractivity contribution in [3.8, 4) is 0 Å². The van der Waals surface area contributed by atoms with Gasteiger partial charge in [-0.25, -0.2) is 0 Å². The first kappa shape index (κ1) is 10.3. The second kappa shape index (κ2) is 4.43. The third-order valence-corrected chi connectivity index (χ3v) is 2.21. The summed E-state index contributed by atoms with van der Waals surface area (Å²) >= 11 is 3.12. The Balaban J connectivity index is 2.64. The molecular weight excluding hydrogens is 236 g/mol. The van der Waals surface area contributed by atoms with Crippen LogP contribution < -0.4 is 11.1 Å². The van der Waals surface area contributed by atoms with Crippen LogP contribution in [0, 0.1) is 0 Å². The Hall–Kier alpha value is -0.810. The van der Waals surface area contributed by atoms with Crippen molar-refractivity contribution in [2.45, 2.75) is 13.0 Å². The van der Waals surface area contributed by atoms with E-state index in [1.54, 1.807) is 6.07 Å². The molecule has 0 bridgehead atoms. The number of furan rings is 1. The van der Waals surface area contributed by atoms with Crippen LogP contribution in [0.3, 0.4) is 0 Å². The number of nitrogens with two attached hydrogens (primary N) is 1. The summed E-state index contributed by atoms with van der Waals surface area (Å²) in [7, 11) is 0. The van der Waals surface area contributed by atoms with Gasteiger partial charge in [0.15, 0.2) is 4.67 Å².